The number of β-amino-alcohol motifs (C(OH)–C–C–N with tert-alkyl or cyclic N) is 1. The number of aliphatic hydroxyl groups excluding tert-OH is 1. The highest BCUT2D eigenvalue weighted by Crippen LogP contribution is 2.55. The average Bonchev–Trinajstić information content (AvgIpc) is 3.91. The van der Waals surface area contributed by atoms with Crippen molar-refractivity contribution in [2.75, 3.05) is 44.6 Å². The number of amides is 4. The Morgan fingerprint density at radius 1 is 1.00 bits per heavy atom. The summed E-state index contributed by atoms with van der Waals surface area (Å²) in [6.07, 6.45) is 0.382. The lowest BCUT2D eigenvalue weighted by Crippen LogP contribution is -2.74. The molecule has 0 bridgehead atoms. The Morgan fingerprint density at radius 2 is 1.71 bits per heavy atom. The first-order valence-corrected chi connectivity index (χ1v) is 24.6. The standard InChI is InChI=1S/C51H64ClN9O7S/c1-29(31-10-12-32(13-11-31)42-30(2)56-28-69-42)57-45(65)39-20-35(62)24-61(39)46(66)43(49(3,4)5)58-41(63)27-67-37-25-60(26-37)19-18-54-40-17-15-34(23-55-40)44(64)59-47-50(6,7)48(51(47,8)9)68-36-16-14-33(22-53)38(52)21-36/h10-17,21,23,28-29,35,37,39,43,47-48,62H,18-20,24-27H2,1-9H3,(H,54,55)(H,57,65)(H,58,63)(H,59,64)/t29-,35+,39-,43+,47?,48?/m0/s1. The molecule has 2 saturated heterocycles. The number of hydrogen-bond acceptors (Lipinski definition) is 13. The Hall–Kier alpha value is -5.64. The molecule has 1 aliphatic carbocycles. The number of likely N-dealkylation sites (tertiary alicyclic amines) is 2. The number of aromatic nitrogens is 2. The smallest absolute Gasteiger partial charge is 0.253 e. The third kappa shape index (κ3) is 11.5. The summed E-state index contributed by atoms with van der Waals surface area (Å²) < 4.78 is 12.3. The number of aliphatic hydroxyl groups is 1. The van der Waals surface area contributed by atoms with Crippen LogP contribution in [-0.2, 0) is 19.1 Å². The van der Waals surface area contributed by atoms with Gasteiger partial charge in [0.25, 0.3) is 5.91 Å². The number of pyridine rings is 1. The summed E-state index contributed by atoms with van der Waals surface area (Å²) in [5.74, 6) is -0.279. The molecule has 16 nitrogen and oxygen atoms in total. The van der Waals surface area contributed by atoms with Crippen molar-refractivity contribution in [3.05, 3.63) is 93.7 Å². The zero-order valence-corrected chi connectivity index (χ0v) is 42.3. The highest BCUT2D eigenvalue weighted by molar-refractivity contribution is 7.13. The number of ether oxygens (including phenoxy) is 2. The van der Waals surface area contributed by atoms with Gasteiger partial charge in [0.15, 0.2) is 0 Å². The summed E-state index contributed by atoms with van der Waals surface area (Å²) in [4.78, 5) is 67.9. The van der Waals surface area contributed by atoms with Gasteiger partial charge in [-0.05, 0) is 54.7 Å². The number of nitrogens with zero attached hydrogens (tertiary/aromatic N) is 5. The van der Waals surface area contributed by atoms with E-state index in [1.807, 2.05) is 64.4 Å². The zero-order valence-electron chi connectivity index (χ0n) is 40.8. The predicted molar refractivity (Wildman–Crippen MR) is 265 cm³/mol. The van der Waals surface area contributed by atoms with Gasteiger partial charge in [0.2, 0.25) is 17.7 Å². The Morgan fingerprint density at radius 3 is 2.32 bits per heavy atom. The van der Waals surface area contributed by atoms with Crippen molar-refractivity contribution in [1.82, 2.24) is 35.7 Å². The molecular formula is C51H64ClN9O7S. The van der Waals surface area contributed by atoms with Gasteiger partial charge in [0.1, 0.15) is 42.4 Å². The summed E-state index contributed by atoms with van der Waals surface area (Å²) in [6.45, 7) is 19.9. The number of rotatable bonds is 17. The summed E-state index contributed by atoms with van der Waals surface area (Å²) in [5.41, 5.74) is 4.03. The van der Waals surface area contributed by atoms with Crippen LogP contribution in [0.3, 0.4) is 0 Å². The van der Waals surface area contributed by atoms with E-state index < -0.39 is 46.2 Å². The molecule has 4 atom stereocenters. The maximum absolute atomic E-state index is 14.1. The number of carbonyl (C=O) groups is 4. The van der Waals surface area contributed by atoms with E-state index in [4.69, 9.17) is 21.1 Å². The molecule has 0 radical (unpaired) electrons. The molecule has 18 heteroatoms. The van der Waals surface area contributed by atoms with Crippen LogP contribution in [0.25, 0.3) is 10.4 Å². The van der Waals surface area contributed by atoms with Gasteiger partial charge < -0.3 is 40.7 Å². The summed E-state index contributed by atoms with van der Waals surface area (Å²) >= 11 is 7.81. The second kappa shape index (κ2) is 20.8. The molecule has 5 N–H and O–H groups in total. The topological polar surface area (TPSA) is 211 Å². The van der Waals surface area contributed by atoms with E-state index in [-0.39, 0.29) is 55.7 Å². The largest absolute Gasteiger partial charge is 0.489 e. The fourth-order valence-electron chi connectivity index (χ4n) is 10.0. The second-order valence-corrected chi connectivity index (χ2v) is 22.0. The SMILES string of the molecule is Cc1ncsc1-c1ccc([C@H](C)NC(=O)[C@@H]2C[C@@H](O)CN2C(=O)[C@@H](NC(=O)COC2CN(CCNc3ccc(C(=O)NC4C(C)(C)C(Oc5ccc(C#N)c(Cl)c5)C4(C)C)cn3)C2)C(C)(C)C)cc1. The zero-order chi connectivity index (χ0) is 50.0. The van der Waals surface area contributed by atoms with Crippen LogP contribution in [0.15, 0.2) is 66.3 Å². The first kappa shape index (κ1) is 51.2. The number of carbonyl (C=O) groups excluding carboxylic acids is 4. The van der Waals surface area contributed by atoms with Gasteiger partial charge in [-0.15, -0.1) is 11.3 Å². The van der Waals surface area contributed by atoms with Gasteiger partial charge >= 0.3 is 0 Å². The molecule has 1 saturated carbocycles. The lowest BCUT2D eigenvalue weighted by atomic mass is 9.49. The Bertz CT molecular complexity index is 2530. The molecule has 3 aliphatic rings. The number of benzene rings is 2. The van der Waals surface area contributed by atoms with Crippen molar-refractivity contribution in [2.45, 2.75) is 111 Å². The van der Waals surface area contributed by atoms with Crippen LogP contribution in [0.1, 0.15) is 95.0 Å². The molecule has 2 aliphatic heterocycles. The third-order valence-electron chi connectivity index (χ3n) is 13.6. The number of anilines is 1. The molecule has 4 amide bonds. The van der Waals surface area contributed by atoms with Crippen molar-refractivity contribution >= 4 is 52.4 Å². The van der Waals surface area contributed by atoms with Crippen LogP contribution < -0.4 is 26.0 Å². The molecule has 7 rings (SSSR count). The van der Waals surface area contributed by atoms with Crippen LogP contribution in [-0.4, -0.2) is 124 Å². The minimum absolute atomic E-state index is 0.0195. The van der Waals surface area contributed by atoms with Crippen molar-refractivity contribution in [2.24, 2.45) is 16.2 Å². The number of thiazole rings is 1. The number of nitrogens with one attached hydrogen (secondary N) is 4. The van der Waals surface area contributed by atoms with Crippen LogP contribution in [0.5, 0.6) is 5.75 Å². The average molecular weight is 983 g/mol. The fraction of sp³-hybridized carbons (Fsp3) is 0.510. The third-order valence-corrected chi connectivity index (χ3v) is 14.9. The quantitative estimate of drug-likeness (QED) is 0.0809. The second-order valence-electron chi connectivity index (χ2n) is 20.7. The Balaban J connectivity index is 0.817. The van der Waals surface area contributed by atoms with Gasteiger partial charge in [0, 0.05) is 68.3 Å². The van der Waals surface area contributed by atoms with E-state index in [2.05, 4.69) is 69.9 Å². The molecule has 4 heterocycles. The van der Waals surface area contributed by atoms with Crippen molar-refractivity contribution in [3.63, 3.8) is 0 Å². The molecule has 69 heavy (non-hydrogen) atoms. The number of nitriles is 1. The molecule has 368 valence electrons. The highest BCUT2D eigenvalue weighted by atomic mass is 35.5. The van der Waals surface area contributed by atoms with E-state index in [0.717, 1.165) is 21.7 Å². The Kier molecular flexibility index (Phi) is 15.4. The van der Waals surface area contributed by atoms with E-state index in [1.54, 1.807) is 47.9 Å². The molecule has 3 fully saturated rings. The minimum Gasteiger partial charge on any atom is -0.489 e. The van der Waals surface area contributed by atoms with Crippen LogP contribution in [0.2, 0.25) is 5.02 Å². The predicted octanol–water partition coefficient (Wildman–Crippen LogP) is 6.13. The monoisotopic (exact) mass is 981 g/mol. The minimum atomic E-state index is -0.965. The normalized spacial score (nSPS) is 21.7. The van der Waals surface area contributed by atoms with Crippen LogP contribution >= 0.6 is 22.9 Å². The van der Waals surface area contributed by atoms with Gasteiger partial charge in [-0.1, -0.05) is 84.3 Å². The van der Waals surface area contributed by atoms with Gasteiger partial charge in [-0.3, -0.25) is 24.1 Å². The van der Waals surface area contributed by atoms with E-state index >= 15 is 0 Å². The fourth-order valence-corrected chi connectivity index (χ4v) is 11.0. The van der Waals surface area contributed by atoms with Gasteiger partial charge in [-0.25, -0.2) is 9.97 Å². The maximum Gasteiger partial charge on any atom is 0.253 e. The summed E-state index contributed by atoms with van der Waals surface area (Å²) in [5, 5.41) is 32.6. The van der Waals surface area contributed by atoms with Crippen LogP contribution in [0.4, 0.5) is 5.82 Å². The highest BCUT2D eigenvalue weighted by Gasteiger charge is 2.64. The summed E-state index contributed by atoms with van der Waals surface area (Å²) in [7, 11) is 0. The van der Waals surface area contributed by atoms with Crippen LogP contribution in [0, 0.1) is 34.5 Å². The lowest BCUT2D eigenvalue weighted by molar-refractivity contribution is -0.164. The molecule has 2 aromatic heterocycles. The van der Waals surface area contributed by atoms with Crippen molar-refractivity contribution in [1.29, 1.82) is 5.26 Å². The van der Waals surface area contributed by atoms with E-state index in [0.29, 0.717) is 53.9 Å². The molecular weight excluding hydrogens is 918 g/mol. The lowest BCUT2D eigenvalue weighted by Gasteiger charge is -2.63. The molecule has 4 aromatic rings. The van der Waals surface area contributed by atoms with Gasteiger partial charge in [0.05, 0.1) is 50.5 Å². The van der Waals surface area contributed by atoms with E-state index in [9.17, 15) is 29.5 Å². The van der Waals surface area contributed by atoms with E-state index in [1.165, 1.54) is 4.90 Å². The first-order chi connectivity index (χ1) is 32.6. The first-order valence-electron chi connectivity index (χ1n) is 23.4. The number of aryl methyl sites for hydroxylation is 1. The summed E-state index contributed by atoms with van der Waals surface area (Å²) in [6, 6.07) is 16.1. The van der Waals surface area contributed by atoms with Crippen molar-refractivity contribution < 1.29 is 33.8 Å². The molecule has 2 aromatic carbocycles. The molecule has 0 unspecified atom stereocenters. The number of hydrogen-bond donors (Lipinski definition) is 5. The Labute approximate surface area is 413 Å². The van der Waals surface area contributed by atoms with Crippen molar-refractivity contribution in [3.8, 4) is 22.3 Å². The molecule has 0 spiro atoms. The number of halogens is 1. The maximum atomic E-state index is 14.1. The van der Waals surface area contributed by atoms with Gasteiger partial charge in [-0.2, -0.15) is 5.26 Å².